The standard InChI is InChI=1S/C25H24Cl2FN3O4/c26-17-5-8-20(21(27)12-17)23-13-22(30-35-23)25(33)31(15-19-2-1-11-34-19)10-9-24(32)29-14-16-3-6-18(28)7-4-16/h3-8,12-13,19H,1-2,9-11,14-15H2,(H,29,32)/t19-/m0/s1. The molecule has 1 fully saturated rings. The molecular weight excluding hydrogens is 496 g/mol. The third-order valence-electron chi connectivity index (χ3n) is 5.67. The first-order chi connectivity index (χ1) is 16.9. The molecular formula is C25H24Cl2FN3O4. The molecule has 2 heterocycles. The van der Waals surface area contributed by atoms with Crippen molar-refractivity contribution in [2.45, 2.75) is 31.9 Å². The first kappa shape index (κ1) is 25.2. The van der Waals surface area contributed by atoms with Gasteiger partial charge in [-0.3, -0.25) is 9.59 Å². The Hall–Kier alpha value is -2.94. The van der Waals surface area contributed by atoms with E-state index in [0.29, 0.717) is 34.5 Å². The van der Waals surface area contributed by atoms with E-state index in [1.165, 1.54) is 18.2 Å². The van der Waals surface area contributed by atoms with E-state index in [1.807, 2.05) is 0 Å². The molecule has 1 N–H and O–H groups in total. The van der Waals surface area contributed by atoms with E-state index in [-0.39, 0.29) is 48.9 Å². The smallest absolute Gasteiger partial charge is 0.276 e. The Morgan fingerprint density at radius 1 is 1.14 bits per heavy atom. The average Bonchev–Trinajstić information content (AvgIpc) is 3.53. The zero-order chi connectivity index (χ0) is 24.8. The topological polar surface area (TPSA) is 84.7 Å². The summed E-state index contributed by atoms with van der Waals surface area (Å²) < 4.78 is 24.1. The van der Waals surface area contributed by atoms with Crippen molar-refractivity contribution in [2.75, 3.05) is 19.7 Å². The van der Waals surface area contributed by atoms with Gasteiger partial charge < -0.3 is 19.5 Å². The maximum atomic E-state index is 13.3. The summed E-state index contributed by atoms with van der Waals surface area (Å²) in [5.41, 5.74) is 1.45. The van der Waals surface area contributed by atoms with Gasteiger partial charge in [0.25, 0.3) is 5.91 Å². The van der Waals surface area contributed by atoms with Gasteiger partial charge in [0.2, 0.25) is 5.91 Å². The van der Waals surface area contributed by atoms with Crippen LogP contribution in [0.1, 0.15) is 35.3 Å². The molecule has 4 rings (SSSR count). The number of halogens is 3. The van der Waals surface area contributed by atoms with Crippen molar-refractivity contribution < 1.29 is 23.2 Å². The van der Waals surface area contributed by atoms with Crippen molar-refractivity contribution in [1.82, 2.24) is 15.4 Å². The molecule has 35 heavy (non-hydrogen) atoms. The lowest BCUT2D eigenvalue weighted by Gasteiger charge is -2.24. The molecule has 0 spiro atoms. The van der Waals surface area contributed by atoms with Gasteiger partial charge in [-0.1, -0.05) is 40.5 Å². The van der Waals surface area contributed by atoms with E-state index in [4.69, 9.17) is 32.5 Å². The van der Waals surface area contributed by atoms with Crippen LogP contribution in [0.2, 0.25) is 10.0 Å². The SMILES string of the molecule is O=C(CCN(C[C@@H]1CCCO1)C(=O)c1cc(-c2ccc(Cl)cc2Cl)on1)NCc1ccc(F)cc1. The summed E-state index contributed by atoms with van der Waals surface area (Å²) in [7, 11) is 0. The molecule has 7 nitrogen and oxygen atoms in total. The van der Waals surface area contributed by atoms with Crippen LogP contribution < -0.4 is 5.32 Å². The molecule has 1 aliphatic rings. The number of nitrogens with one attached hydrogen (secondary N) is 1. The van der Waals surface area contributed by atoms with Crippen LogP contribution in [0.5, 0.6) is 0 Å². The Balaban J connectivity index is 1.41. The highest BCUT2D eigenvalue weighted by atomic mass is 35.5. The largest absolute Gasteiger partial charge is 0.376 e. The van der Waals surface area contributed by atoms with E-state index in [1.54, 1.807) is 35.2 Å². The second kappa shape index (κ2) is 11.7. The lowest BCUT2D eigenvalue weighted by molar-refractivity contribution is -0.121. The van der Waals surface area contributed by atoms with E-state index in [2.05, 4.69) is 10.5 Å². The summed E-state index contributed by atoms with van der Waals surface area (Å²) in [6, 6.07) is 12.4. The summed E-state index contributed by atoms with van der Waals surface area (Å²) in [6.45, 7) is 1.44. The molecule has 0 aliphatic carbocycles. The summed E-state index contributed by atoms with van der Waals surface area (Å²) >= 11 is 12.2. The molecule has 0 saturated carbocycles. The van der Waals surface area contributed by atoms with Gasteiger partial charge in [0.1, 0.15) is 5.82 Å². The van der Waals surface area contributed by atoms with Crippen molar-refractivity contribution >= 4 is 35.0 Å². The van der Waals surface area contributed by atoms with Crippen molar-refractivity contribution in [1.29, 1.82) is 0 Å². The zero-order valence-corrected chi connectivity index (χ0v) is 20.3. The van der Waals surface area contributed by atoms with Gasteiger partial charge in [-0.05, 0) is 48.7 Å². The number of rotatable bonds is 9. The number of benzene rings is 2. The summed E-state index contributed by atoms with van der Waals surface area (Å²) in [5.74, 6) is -0.595. The van der Waals surface area contributed by atoms with Gasteiger partial charge in [0.15, 0.2) is 11.5 Å². The lowest BCUT2D eigenvalue weighted by atomic mass is 10.1. The van der Waals surface area contributed by atoms with Gasteiger partial charge in [0, 0.05) is 49.3 Å². The summed E-state index contributed by atoms with van der Waals surface area (Å²) in [6.07, 6.45) is 1.75. The normalized spacial score (nSPS) is 15.2. The fourth-order valence-electron chi connectivity index (χ4n) is 3.79. The van der Waals surface area contributed by atoms with Gasteiger partial charge in [0.05, 0.1) is 11.1 Å². The van der Waals surface area contributed by atoms with Crippen LogP contribution in [-0.4, -0.2) is 47.7 Å². The highest BCUT2D eigenvalue weighted by molar-refractivity contribution is 6.36. The van der Waals surface area contributed by atoms with Crippen LogP contribution >= 0.6 is 23.2 Å². The number of amides is 2. The first-order valence-corrected chi connectivity index (χ1v) is 12.0. The predicted octanol–water partition coefficient (Wildman–Crippen LogP) is 5.12. The maximum Gasteiger partial charge on any atom is 0.276 e. The quantitative estimate of drug-likeness (QED) is 0.424. The van der Waals surface area contributed by atoms with Crippen LogP contribution in [0.25, 0.3) is 11.3 Å². The lowest BCUT2D eigenvalue weighted by Crippen LogP contribution is -2.40. The minimum absolute atomic E-state index is 0.0907. The molecule has 0 bridgehead atoms. The number of hydrogen-bond acceptors (Lipinski definition) is 5. The molecule has 2 aromatic carbocycles. The number of carbonyl (C=O) groups excluding carboxylic acids is 2. The molecule has 1 aromatic heterocycles. The fraction of sp³-hybridized carbons (Fsp3) is 0.320. The molecule has 2 amide bonds. The third kappa shape index (κ3) is 6.81. The molecule has 10 heteroatoms. The van der Waals surface area contributed by atoms with Crippen molar-refractivity contribution in [3.05, 3.63) is 75.7 Å². The Kier molecular flexibility index (Phi) is 8.38. The van der Waals surface area contributed by atoms with Gasteiger partial charge >= 0.3 is 0 Å². The van der Waals surface area contributed by atoms with Crippen molar-refractivity contribution in [3.8, 4) is 11.3 Å². The number of aromatic nitrogens is 1. The highest BCUT2D eigenvalue weighted by Crippen LogP contribution is 2.31. The second-order valence-corrected chi connectivity index (χ2v) is 9.08. The Morgan fingerprint density at radius 2 is 1.94 bits per heavy atom. The first-order valence-electron chi connectivity index (χ1n) is 11.2. The Labute approximate surface area is 212 Å². The molecule has 1 aliphatic heterocycles. The van der Waals surface area contributed by atoms with Crippen LogP contribution in [0.3, 0.4) is 0 Å². The molecule has 184 valence electrons. The monoisotopic (exact) mass is 519 g/mol. The number of hydrogen-bond donors (Lipinski definition) is 1. The van der Waals surface area contributed by atoms with Crippen LogP contribution in [0, 0.1) is 5.82 Å². The zero-order valence-electron chi connectivity index (χ0n) is 18.8. The van der Waals surface area contributed by atoms with Crippen molar-refractivity contribution in [2.24, 2.45) is 0 Å². The van der Waals surface area contributed by atoms with E-state index < -0.39 is 0 Å². The number of nitrogens with zero attached hydrogens (tertiary/aromatic N) is 2. The van der Waals surface area contributed by atoms with Crippen LogP contribution in [0.4, 0.5) is 4.39 Å². The van der Waals surface area contributed by atoms with Gasteiger partial charge in [-0.15, -0.1) is 0 Å². The van der Waals surface area contributed by atoms with Gasteiger partial charge in [-0.25, -0.2) is 4.39 Å². The maximum absolute atomic E-state index is 13.3. The predicted molar refractivity (Wildman–Crippen MR) is 130 cm³/mol. The Bertz CT molecular complexity index is 1180. The Morgan fingerprint density at radius 3 is 2.66 bits per heavy atom. The number of ether oxygens (including phenoxy) is 1. The molecule has 0 radical (unpaired) electrons. The van der Waals surface area contributed by atoms with E-state index in [0.717, 1.165) is 18.4 Å². The van der Waals surface area contributed by atoms with E-state index >= 15 is 0 Å². The van der Waals surface area contributed by atoms with E-state index in [9.17, 15) is 14.0 Å². The minimum atomic E-state index is -0.369. The van der Waals surface area contributed by atoms with Crippen LogP contribution in [0.15, 0.2) is 53.1 Å². The fourth-order valence-corrected chi connectivity index (χ4v) is 4.29. The molecule has 1 atom stereocenters. The average molecular weight is 520 g/mol. The summed E-state index contributed by atoms with van der Waals surface area (Å²) in [5, 5.41) is 7.58. The number of carbonyl (C=O) groups is 2. The van der Waals surface area contributed by atoms with Crippen LogP contribution in [-0.2, 0) is 16.1 Å². The highest BCUT2D eigenvalue weighted by Gasteiger charge is 2.26. The molecule has 1 saturated heterocycles. The molecule has 0 unspecified atom stereocenters. The molecule has 3 aromatic rings. The van der Waals surface area contributed by atoms with Gasteiger partial charge in [-0.2, -0.15) is 0 Å². The third-order valence-corrected chi connectivity index (χ3v) is 6.22. The van der Waals surface area contributed by atoms with Crippen molar-refractivity contribution in [3.63, 3.8) is 0 Å². The minimum Gasteiger partial charge on any atom is -0.376 e. The second-order valence-electron chi connectivity index (χ2n) is 8.24. The summed E-state index contributed by atoms with van der Waals surface area (Å²) in [4.78, 5) is 27.2.